The Kier molecular flexibility index (Phi) is 2.07. The highest BCUT2D eigenvalue weighted by molar-refractivity contribution is 5.68. The number of aromatic amines is 1. The SMILES string of the molecule is c1ccc(Cc2ncc3[nH]cnc3n2)nc1. The molecule has 3 aromatic rings. The number of imidazole rings is 1. The zero-order valence-corrected chi connectivity index (χ0v) is 8.46. The van der Waals surface area contributed by atoms with Gasteiger partial charge in [0.2, 0.25) is 0 Å². The molecule has 0 saturated carbocycles. The number of nitrogens with zero attached hydrogens (tertiary/aromatic N) is 4. The van der Waals surface area contributed by atoms with Crippen molar-refractivity contribution in [2.75, 3.05) is 0 Å². The molecule has 0 bridgehead atoms. The Morgan fingerprint density at radius 2 is 2.12 bits per heavy atom. The lowest BCUT2D eigenvalue weighted by atomic mass is 10.2. The molecule has 0 aliphatic heterocycles. The van der Waals surface area contributed by atoms with E-state index in [0.717, 1.165) is 17.0 Å². The number of nitrogens with one attached hydrogen (secondary N) is 1. The van der Waals surface area contributed by atoms with Crippen LogP contribution >= 0.6 is 0 Å². The fourth-order valence-electron chi connectivity index (χ4n) is 1.52. The van der Waals surface area contributed by atoms with Crippen LogP contribution < -0.4 is 0 Å². The van der Waals surface area contributed by atoms with E-state index >= 15 is 0 Å². The molecule has 78 valence electrons. The van der Waals surface area contributed by atoms with Crippen LogP contribution in [0.5, 0.6) is 0 Å². The zero-order chi connectivity index (χ0) is 10.8. The highest BCUT2D eigenvalue weighted by Crippen LogP contribution is 2.07. The Hall–Kier alpha value is -2.30. The summed E-state index contributed by atoms with van der Waals surface area (Å²) in [6, 6.07) is 5.80. The molecule has 0 aliphatic rings. The highest BCUT2D eigenvalue weighted by Gasteiger charge is 2.03. The van der Waals surface area contributed by atoms with Crippen molar-refractivity contribution in [1.29, 1.82) is 0 Å². The number of pyridine rings is 1. The second-order valence-corrected chi connectivity index (χ2v) is 3.42. The monoisotopic (exact) mass is 211 g/mol. The van der Waals surface area contributed by atoms with Crippen LogP contribution in [0.4, 0.5) is 0 Å². The van der Waals surface area contributed by atoms with Gasteiger partial charge in [0.1, 0.15) is 11.3 Å². The van der Waals surface area contributed by atoms with Gasteiger partial charge in [-0.1, -0.05) is 6.07 Å². The molecule has 5 nitrogen and oxygen atoms in total. The lowest BCUT2D eigenvalue weighted by Crippen LogP contribution is -1.98. The largest absolute Gasteiger partial charge is 0.342 e. The minimum Gasteiger partial charge on any atom is -0.342 e. The predicted octanol–water partition coefficient (Wildman–Crippen LogP) is 1.34. The number of hydrogen-bond donors (Lipinski definition) is 1. The average Bonchev–Trinajstić information content (AvgIpc) is 2.77. The second kappa shape index (κ2) is 3.69. The number of aromatic nitrogens is 5. The molecule has 0 radical (unpaired) electrons. The van der Waals surface area contributed by atoms with E-state index in [2.05, 4.69) is 24.9 Å². The van der Waals surface area contributed by atoms with Crippen LogP contribution in [0.25, 0.3) is 11.2 Å². The van der Waals surface area contributed by atoms with Gasteiger partial charge in [0.25, 0.3) is 0 Å². The molecule has 5 heteroatoms. The van der Waals surface area contributed by atoms with Gasteiger partial charge >= 0.3 is 0 Å². The van der Waals surface area contributed by atoms with Gasteiger partial charge in [-0.25, -0.2) is 15.0 Å². The first-order valence-electron chi connectivity index (χ1n) is 4.97. The van der Waals surface area contributed by atoms with E-state index in [1.54, 1.807) is 18.7 Å². The highest BCUT2D eigenvalue weighted by atomic mass is 15.0. The van der Waals surface area contributed by atoms with Crippen molar-refractivity contribution in [3.8, 4) is 0 Å². The summed E-state index contributed by atoms with van der Waals surface area (Å²) in [5, 5.41) is 0. The van der Waals surface area contributed by atoms with Crippen molar-refractivity contribution in [3.05, 3.63) is 48.4 Å². The van der Waals surface area contributed by atoms with Crippen LogP contribution in [-0.2, 0) is 6.42 Å². The Labute approximate surface area is 91.6 Å². The number of fused-ring (bicyclic) bond motifs is 1. The molecule has 0 aromatic carbocycles. The summed E-state index contributed by atoms with van der Waals surface area (Å²) in [4.78, 5) is 19.9. The van der Waals surface area contributed by atoms with Gasteiger partial charge < -0.3 is 4.98 Å². The van der Waals surface area contributed by atoms with Gasteiger partial charge in [0, 0.05) is 11.9 Å². The lowest BCUT2D eigenvalue weighted by Gasteiger charge is -1.98. The van der Waals surface area contributed by atoms with Crippen molar-refractivity contribution in [1.82, 2.24) is 24.9 Å². The predicted molar refractivity (Wildman–Crippen MR) is 58.7 cm³/mol. The zero-order valence-electron chi connectivity index (χ0n) is 8.46. The van der Waals surface area contributed by atoms with Crippen LogP contribution in [0.15, 0.2) is 36.9 Å². The van der Waals surface area contributed by atoms with Gasteiger partial charge in [-0.2, -0.15) is 0 Å². The maximum absolute atomic E-state index is 4.34. The molecule has 0 aliphatic carbocycles. The van der Waals surface area contributed by atoms with Crippen LogP contribution in [-0.4, -0.2) is 24.9 Å². The first-order valence-corrected chi connectivity index (χ1v) is 4.97. The molecule has 0 unspecified atom stereocenters. The molecule has 3 rings (SSSR count). The summed E-state index contributed by atoms with van der Waals surface area (Å²) >= 11 is 0. The van der Waals surface area contributed by atoms with Crippen LogP contribution in [0.3, 0.4) is 0 Å². The topological polar surface area (TPSA) is 67.3 Å². The average molecular weight is 211 g/mol. The minimum absolute atomic E-state index is 0.629. The first kappa shape index (κ1) is 8.96. The molecule has 0 fully saturated rings. The molecule has 1 N–H and O–H groups in total. The van der Waals surface area contributed by atoms with Gasteiger partial charge in [0.05, 0.1) is 18.9 Å². The van der Waals surface area contributed by atoms with E-state index in [4.69, 9.17) is 0 Å². The molecule has 0 saturated heterocycles. The third-order valence-corrected chi connectivity index (χ3v) is 2.29. The summed E-state index contributed by atoms with van der Waals surface area (Å²) in [5.74, 6) is 0.735. The summed E-state index contributed by atoms with van der Waals surface area (Å²) in [5.41, 5.74) is 2.50. The van der Waals surface area contributed by atoms with Crippen molar-refractivity contribution >= 4 is 11.2 Å². The molecule has 0 amide bonds. The Morgan fingerprint density at radius 1 is 1.12 bits per heavy atom. The van der Waals surface area contributed by atoms with E-state index in [1.165, 1.54) is 0 Å². The van der Waals surface area contributed by atoms with E-state index in [0.29, 0.717) is 12.1 Å². The molecule has 3 heterocycles. The minimum atomic E-state index is 0.629. The molecule has 3 aromatic heterocycles. The molecule has 16 heavy (non-hydrogen) atoms. The smallest absolute Gasteiger partial charge is 0.180 e. The lowest BCUT2D eigenvalue weighted by molar-refractivity contribution is 0.949. The summed E-state index contributed by atoms with van der Waals surface area (Å²) in [6.45, 7) is 0. The normalized spacial score (nSPS) is 10.8. The number of H-pyrrole nitrogens is 1. The van der Waals surface area contributed by atoms with E-state index in [-0.39, 0.29) is 0 Å². The van der Waals surface area contributed by atoms with Crippen LogP contribution in [0, 0.1) is 0 Å². The van der Waals surface area contributed by atoms with Gasteiger partial charge in [-0.15, -0.1) is 0 Å². The van der Waals surface area contributed by atoms with Crippen molar-refractivity contribution in [2.45, 2.75) is 6.42 Å². The van der Waals surface area contributed by atoms with E-state index < -0.39 is 0 Å². The fraction of sp³-hybridized carbons (Fsp3) is 0.0909. The van der Waals surface area contributed by atoms with Crippen LogP contribution in [0.1, 0.15) is 11.5 Å². The molecular formula is C11H9N5. The van der Waals surface area contributed by atoms with Gasteiger partial charge in [0.15, 0.2) is 5.65 Å². The van der Waals surface area contributed by atoms with E-state index in [1.807, 2.05) is 18.2 Å². The Morgan fingerprint density at radius 3 is 3.00 bits per heavy atom. The number of hydrogen-bond acceptors (Lipinski definition) is 4. The molecule has 0 spiro atoms. The number of rotatable bonds is 2. The first-order chi connectivity index (χ1) is 7.92. The third kappa shape index (κ3) is 1.63. The van der Waals surface area contributed by atoms with Crippen LogP contribution in [0.2, 0.25) is 0 Å². The standard InChI is InChI=1S/C11H9N5/c1-2-4-12-8(3-1)5-10-13-6-9-11(16-10)15-7-14-9/h1-4,6-7H,5H2,(H,13,14,15,16). The molecular weight excluding hydrogens is 202 g/mol. The van der Waals surface area contributed by atoms with Crippen molar-refractivity contribution in [3.63, 3.8) is 0 Å². The Balaban J connectivity index is 1.94. The maximum atomic E-state index is 4.34. The fourth-order valence-corrected chi connectivity index (χ4v) is 1.52. The van der Waals surface area contributed by atoms with Gasteiger partial charge in [-0.3, -0.25) is 4.98 Å². The summed E-state index contributed by atoms with van der Waals surface area (Å²) < 4.78 is 0. The summed E-state index contributed by atoms with van der Waals surface area (Å²) in [7, 11) is 0. The molecule has 0 atom stereocenters. The maximum Gasteiger partial charge on any atom is 0.180 e. The van der Waals surface area contributed by atoms with E-state index in [9.17, 15) is 0 Å². The third-order valence-electron chi connectivity index (χ3n) is 2.29. The van der Waals surface area contributed by atoms with Crippen molar-refractivity contribution < 1.29 is 0 Å². The summed E-state index contributed by atoms with van der Waals surface area (Å²) in [6.07, 6.45) is 5.75. The second-order valence-electron chi connectivity index (χ2n) is 3.42. The van der Waals surface area contributed by atoms with Crippen molar-refractivity contribution in [2.24, 2.45) is 0 Å². The van der Waals surface area contributed by atoms with Gasteiger partial charge in [-0.05, 0) is 12.1 Å². The quantitative estimate of drug-likeness (QED) is 0.694. The Bertz CT molecular complexity index is 602.